The van der Waals surface area contributed by atoms with E-state index in [1.54, 1.807) is 6.07 Å². The average Bonchev–Trinajstić information content (AvgIpc) is 2.16. The minimum Gasteiger partial charge on any atom is -0.494 e. The van der Waals surface area contributed by atoms with E-state index in [2.05, 4.69) is 0 Å². The normalized spacial score (nSPS) is 12.6. The quantitative estimate of drug-likeness (QED) is 0.724. The SMILES string of the molecule is COc1ccc(C(N)OC)cc1F. The number of hydrogen-bond donors (Lipinski definition) is 1. The van der Waals surface area contributed by atoms with Gasteiger partial charge < -0.3 is 15.2 Å². The van der Waals surface area contributed by atoms with E-state index >= 15 is 0 Å². The number of ether oxygens (including phenoxy) is 2. The number of benzene rings is 1. The maximum atomic E-state index is 13.1. The maximum Gasteiger partial charge on any atom is 0.165 e. The monoisotopic (exact) mass is 185 g/mol. The first-order valence-electron chi connectivity index (χ1n) is 3.81. The second kappa shape index (κ2) is 4.20. The first kappa shape index (κ1) is 9.95. The molecule has 1 atom stereocenters. The summed E-state index contributed by atoms with van der Waals surface area (Å²) in [6.45, 7) is 0. The van der Waals surface area contributed by atoms with Crippen LogP contribution in [0.4, 0.5) is 4.39 Å². The van der Waals surface area contributed by atoms with Gasteiger partial charge in [0.2, 0.25) is 0 Å². The summed E-state index contributed by atoms with van der Waals surface area (Å²) in [5.41, 5.74) is 6.11. The Balaban J connectivity index is 2.95. The van der Waals surface area contributed by atoms with Crippen molar-refractivity contribution in [1.82, 2.24) is 0 Å². The summed E-state index contributed by atoms with van der Waals surface area (Å²) in [4.78, 5) is 0. The van der Waals surface area contributed by atoms with E-state index in [1.807, 2.05) is 0 Å². The zero-order valence-corrected chi connectivity index (χ0v) is 7.58. The van der Waals surface area contributed by atoms with Crippen molar-refractivity contribution in [3.8, 4) is 5.75 Å². The van der Waals surface area contributed by atoms with E-state index in [-0.39, 0.29) is 5.75 Å². The van der Waals surface area contributed by atoms with Crippen LogP contribution >= 0.6 is 0 Å². The molecule has 0 aromatic heterocycles. The molecule has 4 heteroatoms. The van der Waals surface area contributed by atoms with Crippen LogP contribution in [0.1, 0.15) is 11.8 Å². The van der Waals surface area contributed by atoms with Gasteiger partial charge in [-0.25, -0.2) is 4.39 Å². The first-order valence-corrected chi connectivity index (χ1v) is 3.81. The summed E-state index contributed by atoms with van der Waals surface area (Å²) in [5, 5.41) is 0. The zero-order chi connectivity index (χ0) is 9.84. The highest BCUT2D eigenvalue weighted by atomic mass is 19.1. The van der Waals surface area contributed by atoms with Crippen molar-refractivity contribution in [3.63, 3.8) is 0 Å². The molecule has 72 valence electrons. The third-order valence-electron chi connectivity index (χ3n) is 1.76. The molecule has 1 rings (SSSR count). The summed E-state index contributed by atoms with van der Waals surface area (Å²) in [6.07, 6.45) is -0.597. The lowest BCUT2D eigenvalue weighted by Crippen LogP contribution is -2.12. The van der Waals surface area contributed by atoms with Crippen LogP contribution in [0.25, 0.3) is 0 Å². The molecule has 1 unspecified atom stereocenters. The molecule has 0 radical (unpaired) electrons. The Bertz CT molecular complexity index is 291. The molecule has 0 spiro atoms. The minimum atomic E-state index is -0.597. The zero-order valence-electron chi connectivity index (χ0n) is 7.58. The van der Waals surface area contributed by atoms with Crippen LogP contribution in [0.3, 0.4) is 0 Å². The van der Waals surface area contributed by atoms with Crippen molar-refractivity contribution < 1.29 is 13.9 Å². The van der Waals surface area contributed by atoms with E-state index in [4.69, 9.17) is 15.2 Å². The van der Waals surface area contributed by atoms with E-state index < -0.39 is 12.0 Å². The van der Waals surface area contributed by atoms with Crippen LogP contribution in [-0.2, 0) is 4.74 Å². The second-order valence-electron chi connectivity index (χ2n) is 2.55. The molecule has 0 bridgehead atoms. The molecular formula is C9H12FNO2. The van der Waals surface area contributed by atoms with Crippen LogP contribution in [-0.4, -0.2) is 14.2 Å². The van der Waals surface area contributed by atoms with E-state index in [0.717, 1.165) is 0 Å². The fourth-order valence-electron chi connectivity index (χ4n) is 0.996. The third-order valence-corrected chi connectivity index (χ3v) is 1.76. The molecule has 0 heterocycles. The lowest BCUT2D eigenvalue weighted by Gasteiger charge is -2.10. The van der Waals surface area contributed by atoms with Gasteiger partial charge in [-0.15, -0.1) is 0 Å². The molecule has 1 aromatic rings. The van der Waals surface area contributed by atoms with Crippen LogP contribution in [0.15, 0.2) is 18.2 Å². The van der Waals surface area contributed by atoms with Crippen molar-refractivity contribution in [3.05, 3.63) is 29.6 Å². The topological polar surface area (TPSA) is 44.5 Å². The summed E-state index contributed by atoms with van der Waals surface area (Å²) < 4.78 is 22.7. The minimum absolute atomic E-state index is 0.201. The molecule has 0 aliphatic rings. The lowest BCUT2D eigenvalue weighted by atomic mass is 10.2. The molecule has 13 heavy (non-hydrogen) atoms. The van der Waals surface area contributed by atoms with Gasteiger partial charge in [-0.05, 0) is 17.7 Å². The predicted molar refractivity (Wildman–Crippen MR) is 46.9 cm³/mol. The smallest absolute Gasteiger partial charge is 0.165 e. The number of hydrogen-bond acceptors (Lipinski definition) is 3. The molecule has 0 aliphatic carbocycles. The van der Waals surface area contributed by atoms with Gasteiger partial charge in [-0.1, -0.05) is 6.07 Å². The number of methoxy groups -OCH3 is 2. The van der Waals surface area contributed by atoms with Gasteiger partial charge in [0.1, 0.15) is 6.23 Å². The molecule has 0 amide bonds. The van der Waals surface area contributed by atoms with E-state index in [0.29, 0.717) is 5.56 Å². The van der Waals surface area contributed by atoms with Crippen molar-refractivity contribution >= 4 is 0 Å². The standard InChI is InChI=1S/C9H12FNO2/c1-12-8-4-3-6(5-7(8)10)9(11)13-2/h3-5,9H,11H2,1-2H3. The predicted octanol–water partition coefficient (Wildman–Crippen LogP) is 1.44. The average molecular weight is 185 g/mol. The fraction of sp³-hybridized carbons (Fsp3) is 0.333. The van der Waals surface area contributed by atoms with Gasteiger partial charge in [-0.2, -0.15) is 0 Å². The highest BCUT2D eigenvalue weighted by molar-refractivity contribution is 5.30. The molecule has 0 saturated carbocycles. The molecule has 0 fully saturated rings. The van der Waals surface area contributed by atoms with Crippen molar-refractivity contribution in [1.29, 1.82) is 0 Å². The Hall–Kier alpha value is -1.13. The molecule has 0 saturated heterocycles. The highest BCUT2D eigenvalue weighted by Gasteiger charge is 2.08. The third kappa shape index (κ3) is 2.17. The van der Waals surface area contributed by atoms with Gasteiger partial charge in [0.15, 0.2) is 11.6 Å². The van der Waals surface area contributed by atoms with Gasteiger partial charge in [-0.3, -0.25) is 0 Å². The Morgan fingerprint density at radius 1 is 1.38 bits per heavy atom. The van der Waals surface area contributed by atoms with E-state index in [1.165, 1.54) is 26.4 Å². The van der Waals surface area contributed by atoms with Gasteiger partial charge in [0, 0.05) is 7.11 Å². The van der Waals surface area contributed by atoms with Gasteiger partial charge in [0.25, 0.3) is 0 Å². The van der Waals surface area contributed by atoms with Crippen molar-refractivity contribution in [2.24, 2.45) is 5.73 Å². The lowest BCUT2D eigenvalue weighted by molar-refractivity contribution is 0.109. The summed E-state index contributed by atoms with van der Waals surface area (Å²) in [6, 6.07) is 4.48. The second-order valence-corrected chi connectivity index (χ2v) is 2.55. The van der Waals surface area contributed by atoms with E-state index in [9.17, 15) is 4.39 Å². The molecule has 2 N–H and O–H groups in total. The molecule has 3 nitrogen and oxygen atoms in total. The van der Waals surface area contributed by atoms with Crippen molar-refractivity contribution in [2.75, 3.05) is 14.2 Å². The summed E-state index contributed by atoms with van der Waals surface area (Å²) in [5.74, 6) is -0.237. The Labute approximate surface area is 76.3 Å². The molecular weight excluding hydrogens is 173 g/mol. The summed E-state index contributed by atoms with van der Waals surface area (Å²) >= 11 is 0. The molecule has 1 aromatic carbocycles. The van der Waals surface area contributed by atoms with Crippen LogP contribution in [0, 0.1) is 5.82 Å². The largest absolute Gasteiger partial charge is 0.494 e. The van der Waals surface area contributed by atoms with Crippen LogP contribution in [0.5, 0.6) is 5.75 Å². The Morgan fingerprint density at radius 3 is 2.54 bits per heavy atom. The Morgan fingerprint density at radius 2 is 2.08 bits per heavy atom. The Kier molecular flexibility index (Phi) is 3.22. The number of rotatable bonds is 3. The number of halogens is 1. The fourth-order valence-corrected chi connectivity index (χ4v) is 0.996. The van der Waals surface area contributed by atoms with Gasteiger partial charge >= 0.3 is 0 Å². The van der Waals surface area contributed by atoms with Crippen LogP contribution < -0.4 is 10.5 Å². The maximum absolute atomic E-state index is 13.1. The van der Waals surface area contributed by atoms with Crippen LogP contribution in [0.2, 0.25) is 0 Å². The van der Waals surface area contributed by atoms with Gasteiger partial charge in [0.05, 0.1) is 7.11 Å². The van der Waals surface area contributed by atoms with Crippen molar-refractivity contribution in [2.45, 2.75) is 6.23 Å². The molecule has 0 aliphatic heterocycles. The number of nitrogens with two attached hydrogens (primary N) is 1. The highest BCUT2D eigenvalue weighted by Crippen LogP contribution is 2.20. The first-order chi connectivity index (χ1) is 6.19. The summed E-state index contributed by atoms with van der Waals surface area (Å²) in [7, 11) is 2.88.